The standard InChI is InChI=1S/C23H25FO5/c1-4-28-22(26)21(23(27)29-5-2)19(16-8-6-15(3)7-9-16)14-20(25)17-10-12-18(24)13-11-17/h6-13,19,21H,4-5,14H2,1-3H3. The van der Waals surface area contributed by atoms with Gasteiger partial charge in [-0.2, -0.15) is 0 Å². The SMILES string of the molecule is CCOC(=O)C(C(=O)OCC)C(CC(=O)c1ccc(F)cc1)c1ccc(C)cc1. The number of halogens is 1. The average molecular weight is 400 g/mol. The van der Waals surface area contributed by atoms with Gasteiger partial charge in [0.15, 0.2) is 11.7 Å². The molecule has 0 heterocycles. The quantitative estimate of drug-likeness (QED) is 0.358. The van der Waals surface area contributed by atoms with Crippen LogP contribution in [-0.4, -0.2) is 30.9 Å². The maximum Gasteiger partial charge on any atom is 0.320 e. The molecule has 0 saturated carbocycles. The maximum absolute atomic E-state index is 13.2. The zero-order valence-corrected chi connectivity index (χ0v) is 16.8. The van der Waals surface area contributed by atoms with E-state index < -0.39 is 29.6 Å². The molecule has 29 heavy (non-hydrogen) atoms. The normalized spacial score (nSPS) is 11.8. The van der Waals surface area contributed by atoms with Gasteiger partial charge in [-0.1, -0.05) is 29.8 Å². The van der Waals surface area contributed by atoms with Crippen LogP contribution in [0, 0.1) is 18.7 Å². The van der Waals surface area contributed by atoms with E-state index in [0.717, 1.165) is 5.56 Å². The lowest BCUT2D eigenvalue weighted by atomic mass is 9.81. The van der Waals surface area contributed by atoms with E-state index in [1.165, 1.54) is 24.3 Å². The van der Waals surface area contributed by atoms with E-state index in [0.29, 0.717) is 11.1 Å². The van der Waals surface area contributed by atoms with Crippen molar-refractivity contribution in [3.8, 4) is 0 Å². The molecule has 0 bridgehead atoms. The van der Waals surface area contributed by atoms with Crippen LogP contribution in [0.1, 0.15) is 47.7 Å². The summed E-state index contributed by atoms with van der Waals surface area (Å²) < 4.78 is 23.4. The summed E-state index contributed by atoms with van der Waals surface area (Å²) in [5, 5.41) is 0. The highest BCUT2D eigenvalue weighted by Gasteiger charge is 2.39. The lowest BCUT2D eigenvalue weighted by Gasteiger charge is -2.24. The van der Waals surface area contributed by atoms with Crippen molar-refractivity contribution in [3.63, 3.8) is 0 Å². The monoisotopic (exact) mass is 400 g/mol. The minimum Gasteiger partial charge on any atom is -0.465 e. The number of carbonyl (C=O) groups excluding carboxylic acids is 3. The van der Waals surface area contributed by atoms with Gasteiger partial charge in [-0.25, -0.2) is 4.39 Å². The molecular weight excluding hydrogens is 375 g/mol. The van der Waals surface area contributed by atoms with Crippen molar-refractivity contribution >= 4 is 17.7 Å². The summed E-state index contributed by atoms with van der Waals surface area (Å²) in [7, 11) is 0. The Bertz CT molecular complexity index is 825. The Balaban J connectivity index is 2.44. The molecule has 0 amide bonds. The third kappa shape index (κ3) is 5.98. The van der Waals surface area contributed by atoms with E-state index in [2.05, 4.69) is 0 Å². The molecule has 0 radical (unpaired) electrons. The van der Waals surface area contributed by atoms with Crippen LogP contribution in [0.4, 0.5) is 4.39 Å². The van der Waals surface area contributed by atoms with E-state index in [9.17, 15) is 18.8 Å². The van der Waals surface area contributed by atoms with Crippen LogP contribution in [0.2, 0.25) is 0 Å². The molecule has 154 valence electrons. The molecule has 0 aromatic heterocycles. The number of carbonyl (C=O) groups is 3. The maximum atomic E-state index is 13.2. The number of hydrogen-bond donors (Lipinski definition) is 0. The molecule has 1 atom stereocenters. The zero-order valence-electron chi connectivity index (χ0n) is 16.8. The van der Waals surface area contributed by atoms with Crippen LogP contribution in [0.25, 0.3) is 0 Å². The molecule has 0 spiro atoms. The Hall–Kier alpha value is -3.02. The predicted molar refractivity (Wildman–Crippen MR) is 106 cm³/mol. The zero-order chi connectivity index (χ0) is 21.4. The first-order valence-electron chi connectivity index (χ1n) is 9.56. The number of ether oxygens (including phenoxy) is 2. The van der Waals surface area contributed by atoms with E-state index in [-0.39, 0.29) is 25.4 Å². The van der Waals surface area contributed by atoms with E-state index >= 15 is 0 Å². The molecule has 2 rings (SSSR count). The Labute approximate surface area is 169 Å². The highest BCUT2D eigenvalue weighted by atomic mass is 19.1. The van der Waals surface area contributed by atoms with Gasteiger partial charge >= 0.3 is 11.9 Å². The number of benzene rings is 2. The number of hydrogen-bond acceptors (Lipinski definition) is 5. The highest BCUT2D eigenvalue weighted by Crippen LogP contribution is 2.32. The van der Waals surface area contributed by atoms with Crippen LogP contribution in [-0.2, 0) is 19.1 Å². The minimum absolute atomic E-state index is 0.0985. The second-order valence-corrected chi connectivity index (χ2v) is 6.63. The van der Waals surface area contributed by atoms with Crippen molar-refractivity contribution in [2.24, 2.45) is 5.92 Å². The summed E-state index contributed by atoms with van der Waals surface area (Å²) in [6.45, 7) is 5.40. The second kappa shape index (κ2) is 10.5. The second-order valence-electron chi connectivity index (χ2n) is 6.63. The first kappa shape index (κ1) is 22.3. The molecule has 0 fully saturated rings. The van der Waals surface area contributed by atoms with Crippen molar-refractivity contribution in [2.45, 2.75) is 33.1 Å². The van der Waals surface area contributed by atoms with Gasteiger partial charge in [0.2, 0.25) is 0 Å². The van der Waals surface area contributed by atoms with Gasteiger partial charge in [0.25, 0.3) is 0 Å². The number of Topliss-reactive ketones (excluding diaryl/α,β-unsaturated/α-hetero) is 1. The molecule has 0 aliphatic rings. The lowest BCUT2D eigenvalue weighted by Crippen LogP contribution is -2.34. The largest absolute Gasteiger partial charge is 0.465 e. The first-order valence-corrected chi connectivity index (χ1v) is 9.56. The van der Waals surface area contributed by atoms with Crippen LogP contribution < -0.4 is 0 Å². The fourth-order valence-corrected chi connectivity index (χ4v) is 3.08. The van der Waals surface area contributed by atoms with Gasteiger partial charge in [-0.05, 0) is 50.6 Å². The third-order valence-electron chi connectivity index (χ3n) is 4.56. The Morgan fingerprint density at radius 2 is 1.38 bits per heavy atom. The molecular formula is C23H25FO5. The topological polar surface area (TPSA) is 69.7 Å². The van der Waals surface area contributed by atoms with Crippen LogP contribution in [0.15, 0.2) is 48.5 Å². The van der Waals surface area contributed by atoms with Crippen LogP contribution >= 0.6 is 0 Å². The number of esters is 2. The smallest absolute Gasteiger partial charge is 0.320 e. The number of aryl methyl sites for hydroxylation is 1. The van der Waals surface area contributed by atoms with Gasteiger partial charge in [0, 0.05) is 17.9 Å². The number of ketones is 1. The molecule has 1 unspecified atom stereocenters. The minimum atomic E-state index is -1.28. The molecule has 6 heteroatoms. The van der Waals surface area contributed by atoms with Gasteiger partial charge in [-0.15, -0.1) is 0 Å². The van der Waals surface area contributed by atoms with Crippen LogP contribution in [0.3, 0.4) is 0 Å². The predicted octanol–water partition coefficient (Wildman–Crippen LogP) is 4.23. The molecule has 5 nitrogen and oxygen atoms in total. The van der Waals surface area contributed by atoms with Gasteiger partial charge in [-0.3, -0.25) is 14.4 Å². The fourth-order valence-electron chi connectivity index (χ4n) is 3.08. The molecule has 2 aromatic rings. The Morgan fingerprint density at radius 1 is 0.862 bits per heavy atom. The Kier molecular flexibility index (Phi) is 8.07. The summed E-state index contributed by atoms with van der Waals surface area (Å²) in [5.74, 6) is -4.28. The molecule has 0 aliphatic heterocycles. The Morgan fingerprint density at radius 3 is 1.86 bits per heavy atom. The summed E-state index contributed by atoms with van der Waals surface area (Å²) in [6, 6.07) is 12.4. The van der Waals surface area contributed by atoms with Crippen LogP contribution in [0.5, 0.6) is 0 Å². The first-order chi connectivity index (χ1) is 13.9. The molecule has 0 N–H and O–H groups in total. The third-order valence-corrected chi connectivity index (χ3v) is 4.56. The van der Waals surface area contributed by atoms with Crippen molar-refractivity contribution in [3.05, 3.63) is 71.0 Å². The van der Waals surface area contributed by atoms with Gasteiger partial charge < -0.3 is 9.47 Å². The summed E-state index contributed by atoms with van der Waals surface area (Å²) in [5.41, 5.74) is 1.95. The summed E-state index contributed by atoms with van der Waals surface area (Å²) in [4.78, 5) is 38.1. The van der Waals surface area contributed by atoms with Gasteiger partial charge in [0.1, 0.15) is 5.82 Å². The van der Waals surface area contributed by atoms with Crippen molar-refractivity contribution < 1.29 is 28.2 Å². The summed E-state index contributed by atoms with van der Waals surface area (Å²) in [6.07, 6.45) is -0.128. The van der Waals surface area contributed by atoms with Crippen molar-refractivity contribution in [1.29, 1.82) is 0 Å². The molecule has 2 aromatic carbocycles. The van der Waals surface area contributed by atoms with E-state index in [1.807, 2.05) is 19.1 Å². The average Bonchev–Trinajstić information content (AvgIpc) is 2.69. The summed E-state index contributed by atoms with van der Waals surface area (Å²) >= 11 is 0. The lowest BCUT2D eigenvalue weighted by molar-refractivity contribution is -0.162. The number of rotatable bonds is 9. The van der Waals surface area contributed by atoms with E-state index in [4.69, 9.17) is 9.47 Å². The van der Waals surface area contributed by atoms with E-state index in [1.54, 1.807) is 26.0 Å². The fraction of sp³-hybridized carbons (Fsp3) is 0.348. The van der Waals surface area contributed by atoms with Crippen molar-refractivity contribution in [2.75, 3.05) is 13.2 Å². The highest BCUT2D eigenvalue weighted by molar-refractivity contribution is 6.00. The van der Waals surface area contributed by atoms with Gasteiger partial charge in [0.05, 0.1) is 13.2 Å². The van der Waals surface area contributed by atoms with Crippen molar-refractivity contribution in [1.82, 2.24) is 0 Å². The molecule has 0 saturated heterocycles. The molecule has 0 aliphatic carbocycles.